The van der Waals surface area contributed by atoms with Crippen LogP contribution < -0.4 is 10.6 Å². The fraction of sp³-hybridized carbons (Fsp3) is 0.250. The molecule has 3 rings (SSSR count). The van der Waals surface area contributed by atoms with Crippen molar-refractivity contribution in [3.05, 3.63) is 65.5 Å². The van der Waals surface area contributed by atoms with E-state index in [1.807, 2.05) is 30.3 Å². The van der Waals surface area contributed by atoms with Gasteiger partial charge >= 0.3 is 0 Å². The van der Waals surface area contributed by atoms with Crippen LogP contribution in [0.4, 0.5) is 0 Å². The number of aromatic nitrogens is 1. The number of hydrogen-bond donors (Lipinski definition) is 2. The Bertz CT molecular complexity index is 598. The van der Waals surface area contributed by atoms with Crippen LogP contribution >= 0.6 is 0 Å². The molecule has 4 heteroatoms. The van der Waals surface area contributed by atoms with Gasteiger partial charge in [0.15, 0.2) is 0 Å². The third-order valence-corrected chi connectivity index (χ3v) is 3.57. The van der Waals surface area contributed by atoms with Gasteiger partial charge in [0.1, 0.15) is 0 Å². The lowest BCUT2D eigenvalue weighted by atomic mass is 9.95. The number of nitrogens with zero attached hydrogens (tertiary/aromatic N) is 1. The minimum atomic E-state index is -0.159. The third kappa shape index (κ3) is 2.86. The number of pyridine rings is 1. The van der Waals surface area contributed by atoms with E-state index >= 15 is 0 Å². The van der Waals surface area contributed by atoms with E-state index in [9.17, 15) is 4.79 Å². The predicted octanol–water partition coefficient (Wildman–Crippen LogP) is 1.41. The summed E-state index contributed by atoms with van der Waals surface area (Å²) >= 11 is 0. The smallest absolute Gasteiger partial charge is 0.237 e. The van der Waals surface area contributed by atoms with Gasteiger partial charge in [-0.25, -0.2) is 0 Å². The molecule has 0 saturated heterocycles. The molecule has 2 aromatic rings. The summed E-state index contributed by atoms with van der Waals surface area (Å²) in [5, 5.41) is 6.21. The predicted molar refractivity (Wildman–Crippen MR) is 76.9 cm³/mol. The first-order valence-electron chi connectivity index (χ1n) is 6.81. The zero-order valence-corrected chi connectivity index (χ0v) is 11.2. The van der Waals surface area contributed by atoms with Crippen molar-refractivity contribution in [2.45, 2.75) is 25.6 Å². The Labute approximate surface area is 118 Å². The summed E-state index contributed by atoms with van der Waals surface area (Å²) in [6.07, 6.45) is 2.47. The van der Waals surface area contributed by atoms with Gasteiger partial charge in [-0.1, -0.05) is 30.3 Å². The molecule has 102 valence electrons. The molecule has 1 unspecified atom stereocenters. The Morgan fingerprint density at radius 3 is 2.80 bits per heavy atom. The fourth-order valence-corrected chi connectivity index (χ4v) is 2.44. The van der Waals surface area contributed by atoms with Crippen LogP contribution in [0.5, 0.6) is 0 Å². The Morgan fingerprint density at radius 1 is 1.20 bits per heavy atom. The normalized spacial score (nSPS) is 17.3. The van der Waals surface area contributed by atoms with E-state index in [4.69, 9.17) is 0 Å². The molecular weight excluding hydrogens is 250 g/mol. The van der Waals surface area contributed by atoms with Crippen molar-refractivity contribution in [1.82, 2.24) is 15.6 Å². The second-order valence-corrected chi connectivity index (χ2v) is 4.95. The number of nitrogens with one attached hydrogen (secondary N) is 2. The van der Waals surface area contributed by atoms with E-state index in [0.29, 0.717) is 6.54 Å². The van der Waals surface area contributed by atoms with Crippen molar-refractivity contribution in [3.63, 3.8) is 0 Å². The molecule has 1 aromatic carbocycles. The van der Waals surface area contributed by atoms with E-state index in [2.05, 4.69) is 27.8 Å². The lowest BCUT2D eigenvalue weighted by Gasteiger charge is -2.25. The summed E-state index contributed by atoms with van der Waals surface area (Å²) in [6.45, 7) is 1.22. The van der Waals surface area contributed by atoms with Crippen LogP contribution in [0, 0.1) is 0 Å². The van der Waals surface area contributed by atoms with Gasteiger partial charge in [-0.2, -0.15) is 0 Å². The van der Waals surface area contributed by atoms with Crippen molar-refractivity contribution >= 4 is 5.91 Å². The average Bonchev–Trinajstić information content (AvgIpc) is 2.53. The van der Waals surface area contributed by atoms with Crippen LogP contribution in [0.2, 0.25) is 0 Å². The third-order valence-electron chi connectivity index (χ3n) is 3.57. The van der Waals surface area contributed by atoms with Crippen molar-refractivity contribution < 1.29 is 4.79 Å². The van der Waals surface area contributed by atoms with Gasteiger partial charge in [0.05, 0.1) is 18.3 Å². The first-order valence-corrected chi connectivity index (χ1v) is 6.81. The zero-order valence-electron chi connectivity index (χ0n) is 11.2. The average molecular weight is 267 g/mol. The van der Waals surface area contributed by atoms with Gasteiger partial charge in [0, 0.05) is 12.7 Å². The van der Waals surface area contributed by atoms with Gasteiger partial charge in [-0.3, -0.25) is 9.78 Å². The number of carbonyl (C=O) groups excluding carboxylic acids is 1. The van der Waals surface area contributed by atoms with E-state index < -0.39 is 0 Å². The van der Waals surface area contributed by atoms with Crippen LogP contribution in [0.1, 0.15) is 16.8 Å². The Kier molecular flexibility index (Phi) is 3.74. The molecule has 2 heterocycles. The number of carbonyl (C=O) groups is 1. The highest BCUT2D eigenvalue weighted by molar-refractivity contribution is 5.82. The van der Waals surface area contributed by atoms with E-state index in [0.717, 1.165) is 18.7 Å². The van der Waals surface area contributed by atoms with Gasteiger partial charge in [0.25, 0.3) is 0 Å². The van der Waals surface area contributed by atoms with E-state index in [-0.39, 0.29) is 11.9 Å². The standard InChI is InChI=1S/C16H17N3O/c20-16(19-11-14-7-3-4-8-17-14)15-9-12-5-1-2-6-13(12)10-18-15/h1-8,15,18H,9-11H2,(H,19,20). The molecule has 4 nitrogen and oxygen atoms in total. The molecular formula is C16H17N3O. The highest BCUT2D eigenvalue weighted by Gasteiger charge is 2.23. The van der Waals surface area contributed by atoms with Crippen LogP contribution in [-0.2, 0) is 24.3 Å². The summed E-state index contributed by atoms with van der Waals surface area (Å²) in [6, 6.07) is 13.8. The zero-order chi connectivity index (χ0) is 13.8. The monoisotopic (exact) mass is 267 g/mol. The summed E-state index contributed by atoms with van der Waals surface area (Å²) < 4.78 is 0. The molecule has 0 spiro atoms. The maximum absolute atomic E-state index is 12.2. The molecule has 0 bridgehead atoms. The molecule has 1 aromatic heterocycles. The van der Waals surface area contributed by atoms with Crippen LogP contribution in [-0.4, -0.2) is 16.9 Å². The van der Waals surface area contributed by atoms with Crippen LogP contribution in [0.25, 0.3) is 0 Å². The van der Waals surface area contributed by atoms with Crippen LogP contribution in [0.3, 0.4) is 0 Å². The lowest BCUT2D eigenvalue weighted by molar-refractivity contribution is -0.123. The van der Waals surface area contributed by atoms with Crippen molar-refractivity contribution in [2.75, 3.05) is 0 Å². The fourth-order valence-electron chi connectivity index (χ4n) is 2.44. The molecule has 0 fully saturated rings. The van der Waals surface area contributed by atoms with Crippen LogP contribution in [0.15, 0.2) is 48.7 Å². The molecule has 2 N–H and O–H groups in total. The number of fused-ring (bicyclic) bond motifs is 1. The minimum absolute atomic E-state index is 0.0326. The minimum Gasteiger partial charge on any atom is -0.349 e. The topological polar surface area (TPSA) is 54.0 Å². The molecule has 0 radical (unpaired) electrons. The molecule has 0 aliphatic carbocycles. The van der Waals surface area contributed by atoms with E-state index in [1.165, 1.54) is 11.1 Å². The summed E-state index contributed by atoms with van der Waals surface area (Å²) in [4.78, 5) is 16.4. The maximum atomic E-state index is 12.2. The van der Waals surface area contributed by atoms with Gasteiger partial charge in [0.2, 0.25) is 5.91 Å². The molecule has 20 heavy (non-hydrogen) atoms. The molecule has 1 amide bonds. The highest BCUT2D eigenvalue weighted by Crippen LogP contribution is 2.16. The quantitative estimate of drug-likeness (QED) is 0.884. The second-order valence-electron chi connectivity index (χ2n) is 4.95. The first-order chi connectivity index (χ1) is 9.83. The number of amides is 1. The Balaban J connectivity index is 1.59. The van der Waals surface area contributed by atoms with Gasteiger partial charge in [-0.15, -0.1) is 0 Å². The van der Waals surface area contributed by atoms with E-state index in [1.54, 1.807) is 6.20 Å². The Hall–Kier alpha value is -2.20. The molecule has 0 saturated carbocycles. The summed E-state index contributed by atoms with van der Waals surface area (Å²) in [5.74, 6) is 0.0326. The number of rotatable bonds is 3. The highest BCUT2D eigenvalue weighted by atomic mass is 16.2. The van der Waals surface area contributed by atoms with Crippen molar-refractivity contribution in [2.24, 2.45) is 0 Å². The van der Waals surface area contributed by atoms with Gasteiger partial charge in [-0.05, 0) is 29.7 Å². The molecule has 1 aliphatic heterocycles. The Morgan fingerprint density at radius 2 is 2.00 bits per heavy atom. The number of hydrogen-bond acceptors (Lipinski definition) is 3. The summed E-state index contributed by atoms with van der Waals surface area (Å²) in [7, 11) is 0. The first kappa shape index (κ1) is 12.8. The SMILES string of the molecule is O=C(NCc1ccccn1)C1Cc2ccccc2CN1. The molecule has 1 atom stereocenters. The maximum Gasteiger partial charge on any atom is 0.237 e. The lowest BCUT2D eigenvalue weighted by Crippen LogP contribution is -2.47. The van der Waals surface area contributed by atoms with Crippen molar-refractivity contribution in [1.29, 1.82) is 0 Å². The summed E-state index contributed by atoms with van der Waals surface area (Å²) in [5.41, 5.74) is 3.41. The largest absolute Gasteiger partial charge is 0.349 e. The molecule has 1 aliphatic rings. The second kappa shape index (κ2) is 5.84. The number of benzene rings is 1. The van der Waals surface area contributed by atoms with Gasteiger partial charge < -0.3 is 10.6 Å². The van der Waals surface area contributed by atoms with Crippen molar-refractivity contribution in [3.8, 4) is 0 Å².